The molecule has 0 saturated heterocycles. The molecule has 0 N–H and O–H groups in total. The van der Waals surface area contributed by atoms with Crippen molar-refractivity contribution < 1.29 is 4.79 Å². The average molecular weight is 192 g/mol. The second-order valence-electron chi connectivity index (χ2n) is 2.87. The maximum absolute atomic E-state index is 11.8. The van der Waals surface area contributed by atoms with Crippen molar-refractivity contribution in [2.45, 2.75) is 6.92 Å². The van der Waals surface area contributed by atoms with Crippen LogP contribution in [-0.4, -0.2) is 33.4 Å². The van der Waals surface area contributed by atoms with Crippen molar-refractivity contribution in [2.24, 2.45) is 7.05 Å². The van der Waals surface area contributed by atoms with Crippen molar-refractivity contribution >= 4 is 5.91 Å². The molecule has 0 aliphatic heterocycles. The number of hydrogen-bond donors (Lipinski definition) is 0. The summed E-state index contributed by atoms with van der Waals surface area (Å²) < 4.78 is 1.64. The van der Waals surface area contributed by atoms with Gasteiger partial charge in [-0.25, -0.2) is 4.98 Å². The lowest BCUT2D eigenvalue weighted by atomic mass is 10.3. The van der Waals surface area contributed by atoms with Gasteiger partial charge in [0.2, 0.25) is 0 Å². The number of aromatic nitrogens is 2. The molecule has 0 unspecified atom stereocenters. The number of aryl methyl sites for hydroxylation is 1. The number of rotatable bonds is 3. The highest BCUT2D eigenvalue weighted by molar-refractivity contribution is 5.92. The molecule has 0 aromatic carbocycles. The maximum atomic E-state index is 11.8. The topological polar surface area (TPSA) is 61.9 Å². The highest BCUT2D eigenvalue weighted by Crippen LogP contribution is 2.02. The first-order valence-corrected chi connectivity index (χ1v) is 4.33. The molecule has 74 valence electrons. The number of imidazole rings is 1. The van der Waals surface area contributed by atoms with Crippen LogP contribution in [0, 0.1) is 11.3 Å². The molecule has 0 fully saturated rings. The Morgan fingerprint density at radius 3 is 2.93 bits per heavy atom. The number of nitrogens with zero attached hydrogens (tertiary/aromatic N) is 4. The van der Waals surface area contributed by atoms with Gasteiger partial charge in [-0.2, -0.15) is 5.26 Å². The normalized spacial score (nSPS) is 9.50. The minimum absolute atomic E-state index is 0.112. The van der Waals surface area contributed by atoms with Crippen molar-refractivity contribution in [3.8, 4) is 6.07 Å². The minimum Gasteiger partial charge on any atom is -0.330 e. The molecule has 1 heterocycles. The Morgan fingerprint density at radius 2 is 2.50 bits per heavy atom. The number of nitriles is 1. The van der Waals surface area contributed by atoms with E-state index in [1.807, 2.05) is 13.0 Å². The predicted octanol–water partition coefficient (Wildman–Crippen LogP) is 0.406. The molecule has 1 aromatic rings. The van der Waals surface area contributed by atoms with Gasteiger partial charge in [-0.15, -0.1) is 0 Å². The van der Waals surface area contributed by atoms with Crippen molar-refractivity contribution in [1.29, 1.82) is 5.26 Å². The van der Waals surface area contributed by atoms with E-state index in [4.69, 9.17) is 5.26 Å². The van der Waals surface area contributed by atoms with E-state index in [-0.39, 0.29) is 12.5 Å². The van der Waals surface area contributed by atoms with Gasteiger partial charge < -0.3 is 9.47 Å². The van der Waals surface area contributed by atoms with Gasteiger partial charge in [0, 0.05) is 13.6 Å². The van der Waals surface area contributed by atoms with E-state index < -0.39 is 0 Å². The van der Waals surface area contributed by atoms with Gasteiger partial charge in [0.1, 0.15) is 12.2 Å². The second-order valence-corrected chi connectivity index (χ2v) is 2.87. The van der Waals surface area contributed by atoms with Crippen molar-refractivity contribution in [1.82, 2.24) is 14.5 Å². The minimum atomic E-state index is -0.158. The van der Waals surface area contributed by atoms with Crippen LogP contribution in [-0.2, 0) is 7.05 Å². The number of carbonyl (C=O) groups excluding carboxylic acids is 1. The zero-order valence-electron chi connectivity index (χ0n) is 8.27. The SMILES string of the molecule is CCN(CC#N)C(=O)c1cncn1C. The van der Waals surface area contributed by atoms with Crippen molar-refractivity contribution in [3.05, 3.63) is 18.2 Å². The Kier molecular flexibility index (Phi) is 3.24. The van der Waals surface area contributed by atoms with E-state index in [9.17, 15) is 4.79 Å². The van der Waals surface area contributed by atoms with Gasteiger partial charge >= 0.3 is 0 Å². The molecule has 5 nitrogen and oxygen atoms in total. The van der Waals surface area contributed by atoms with E-state index in [0.717, 1.165) is 0 Å². The summed E-state index contributed by atoms with van der Waals surface area (Å²) in [7, 11) is 1.75. The van der Waals surface area contributed by atoms with Crippen LogP contribution in [0.4, 0.5) is 0 Å². The van der Waals surface area contributed by atoms with Crippen LogP contribution in [0.15, 0.2) is 12.5 Å². The summed E-state index contributed by atoms with van der Waals surface area (Å²) in [5, 5.41) is 8.52. The van der Waals surface area contributed by atoms with Crippen LogP contribution in [0.25, 0.3) is 0 Å². The van der Waals surface area contributed by atoms with Gasteiger partial charge in [0.25, 0.3) is 5.91 Å². The van der Waals surface area contributed by atoms with Crippen LogP contribution in [0.3, 0.4) is 0 Å². The van der Waals surface area contributed by atoms with Crippen LogP contribution in [0.2, 0.25) is 0 Å². The monoisotopic (exact) mass is 192 g/mol. The highest BCUT2D eigenvalue weighted by Gasteiger charge is 2.16. The Morgan fingerprint density at radius 1 is 1.79 bits per heavy atom. The van der Waals surface area contributed by atoms with E-state index in [0.29, 0.717) is 12.2 Å². The average Bonchev–Trinajstić information content (AvgIpc) is 2.59. The fraction of sp³-hybridized carbons (Fsp3) is 0.444. The van der Waals surface area contributed by atoms with Gasteiger partial charge in [0.15, 0.2) is 0 Å². The van der Waals surface area contributed by atoms with Crippen molar-refractivity contribution in [2.75, 3.05) is 13.1 Å². The van der Waals surface area contributed by atoms with Crippen molar-refractivity contribution in [3.63, 3.8) is 0 Å². The summed E-state index contributed by atoms with van der Waals surface area (Å²) in [4.78, 5) is 17.1. The van der Waals surface area contributed by atoms with Crippen LogP contribution in [0.5, 0.6) is 0 Å². The first-order chi connectivity index (χ1) is 6.70. The standard InChI is InChI=1S/C9H12N4O/c1-3-13(5-4-10)9(14)8-6-11-7-12(8)2/h6-7H,3,5H2,1-2H3. The number of carbonyl (C=O) groups is 1. The van der Waals surface area contributed by atoms with Gasteiger partial charge in [0.05, 0.1) is 18.6 Å². The van der Waals surface area contributed by atoms with Crippen LogP contribution >= 0.6 is 0 Å². The van der Waals surface area contributed by atoms with E-state index in [1.165, 1.54) is 11.1 Å². The van der Waals surface area contributed by atoms with E-state index in [2.05, 4.69) is 4.98 Å². The number of hydrogen-bond acceptors (Lipinski definition) is 3. The molecule has 5 heteroatoms. The lowest BCUT2D eigenvalue weighted by Crippen LogP contribution is -2.32. The molecule has 14 heavy (non-hydrogen) atoms. The Balaban J connectivity index is 2.84. The van der Waals surface area contributed by atoms with E-state index in [1.54, 1.807) is 17.9 Å². The Bertz CT molecular complexity index is 363. The molecule has 1 amide bonds. The molecule has 0 atom stereocenters. The third kappa shape index (κ3) is 1.91. The summed E-state index contributed by atoms with van der Waals surface area (Å²) in [5.41, 5.74) is 0.502. The van der Waals surface area contributed by atoms with Crippen LogP contribution in [0.1, 0.15) is 17.4 Å². The first-order valence-electron chi connectivity index (χ1n) is 4.33. The molecule has 0 spiro atoms. The molecule has 0 bridgehead atoms. The third-order valence-corrected chi connectivity index (χ3v) is 1.97. The van der Waals surface area contributed by atoms with Gasteiger partial charge in [-0.3, -0.25) is 4.79 Å². The fourth-order valence-electron chi connectivity index (χ4n) is 1.14. The third-order valence-electron chi connectivity index (χ3n) is 1.97. The Labute approximate surface area is 82.6 Å². The largest absolute Gasteiger partial charge is 0.330 e. The summed E-state index contributed by atoms with van der Waals surface area (Å²) in [6.45, 7) is 2.48. The summed E-state index contributed by atoms with van der Waals surface area (Å²) in [6, 6.07) is 1.96. The zero-order valence-corrected chi connectivity index (χ0v) is 8.27. The Hall–Kier alpha value is -1.83. The highest BCUT2D eigenvalue weighted by atomic mass is 16.2. The maximum Gasteiger partial charge on any atom is 0.272 e. The molecule has 1 rings (SSSR count). The molecule has 0 aliphatic carbocycles. The molecule has 0 radical (unpaired) electrons. The lowest BCUT2D eigenvalue weighted by Gasteiger charge is -2.16. The zero-order chi connectivity index (χ0) is 10.6. The molecular formula is C9H12N4O. The van der Waals surface area contributed by atoms with E-state index >= 15 is 0 Å². The van der Waals surface area contributed by atoms with Gasteiger partial charge in [-0.1, -0.05) is 0 Å². The first kappa shape index (κ1) is 10.3. The van der Waals surface area contributed by atoms with Gasteiger partial charge in [-0.05, 0) is 6.92 Å². The summed E-state index contributed by atoms with van der Waals surface area (Å²) in [6.07, 6.45) is 3.07. The summed E-state index contributed by atoms with van der Waals surface area (Å²) >= 11 is 0. The molecular weight excluding hydrogens is 180 g/mol. The predicted molar refractivity (Wildman–Crippen MR) is 50.4 cm³/mol. The fourth-order valence-corrected chi connectivity index (χ4v) is 1.14. The molecule has 0 saturated carbocycles. The summed E-state index contributed by atoms with van der Waals surface area (Å²) in [5.74, 6) is -0.158. The smallest absolute Gasteiger partial charge is 0.272 e. The molecule has 1 aromatic heterocycles. The van der Waals surface area contributed by atoms with Crippen LogP contribution < -0.4 is 0 Å². The molecule has 0 aliphatic rings. The quantitative estimate of drug-likeness (QED) is 0.651. The second kappa shape index (κ2) is 4.42. The lowest BCUT2D eigenvalue weighted by molar-refractivity contribution is 0.0774. The number of amides is 1.